The van der Waals surface area contributed by atoms with E-state index in [0.29, 0.717) is 12.1 Å². The predicted molar refractivity (Wildman–Crippen MR) is 71.7 cm³/mol. The van der Waals surface area contributed by atoms with Crippen LogP contribution in [0.5, 0.6) is 0 Å². The first-order valence-corrected chi connectivity index (χ1v) is 6.44. The van der Waals surface area contributed by atoms with Gasteiger partial charge in [0.15, 0.2) is 0 Å². The second-order valence-electron chi connectivity index (χ2n) is 4.57. The van der Waals surface area contributed by atoms with Crippen LogP contribution in [0.15, 0.2) is 24.3 Å². The largest absolute Gasteiger partial charge is 0.352 e. The van der Waals surface area contributed by atoms with Crippen LogP contribution in [0, 0.1) is 17.2 Å². The van der Waals surface area contributed by atoms with Gasteiger partial charge in [-0.25, -0.2) is 0 Å². The van der Waals surface area contributed by atoms with E-state index in [9.17, 15) is 4.79 Å². The van der Waals surface area contributed by atoms with Gasteiger partial charge >= 0.3 is 0 Å². The number of nitriles is 1. The Bertz CT molecular complexity index is 434. The Labute approximate surface area is 109 Å². The van der Waals surface area contributed by atoms with Crippen LogP contribution in [-0.2, 0) is 11.3 Å². The summed E-state index contributed by atoms with van der Waals surface area (Å²) >= 11 is 0. The topological polar surface area (TPSA) is 52.9 Å². The number of carbonyl (C=O) groups is 1. The highest BCUT2D eigenvalue weighted by molar-refractivity contribution is 5.78. The molecule has 96 valence electrons. The number of nitrogens with one attached hydrogen (secondary N) is 1. The number of amides is 1. The molecule has 0 radical (unpaired) electrons. The molecule has 1 N–H and O–H groups in total. The van der Waals surface area contributed by atoms with Gasteiger partial charge in [0.1, 0.15) is 0 Å². The first-order valence-electron chi connectivity index (χ1n) is 6.44. The number of rotatable bonds is 6. The summed E-state index contributed by atoms with van der Waals surface area (Å²) in [7, 11) is 0. The second-order valence-corrected chi connectivity index (χ2v) is 4.57. The van der Waals surface area contributed by atoms with Crippen molar-refractivity contribution in [3.05, 3.63) is 35.4 Å². The lowest BCUT2D eigenvalue weighted by atomic mass is 10.0. The molecule has 3 nitrogen and oxygen atoms in total. The molecule has 0 aliphatic carbocycles. The van der Waals surface area contributed by atoms with Gasteiger partial charge in [0, 0.05) is 12.5 Å². The van der Waals surface area contributed by atoms with Crippen LogP contribution in [0.3, 0.4) is 0 Å². The van der Waals surface area contributed by atoms with Crippen LogP contribution in [-0.4, -0.2) is 5.91 Å². The Balaban J connectivity index is 2.44. The highest BCUT2D eigenvalue weighted by Crippen LogP contribution is 2.08. The molecule has 0 heterocycles. The van der Waals surface area contributed by atoms with Crippen LogP contribution in [0.25, 0.3) is 0 Å². The zero-order valence-corrected chi connectivity index (χ0v) is 11.1. The number of benzene rings is 1. The summed E-state index contributed by atoms with van der Waals surface area (Å²) in [4.78, 5) is 11.8. The molecule has 1 unspecified atom stereocenters. The third-order valence-corrected chi connectivity index (χ3v) is 2.96. The van der Waals surface area contributed by atoms with Gasteiger partial charge < -0.3 is 5.32 Å². The van der Waals surface area contributed by atoms with Crippen molar-refractivity contribution in [2.45, 2.75) is 39.7 Å². The van der Waals surface area contributed by atoms with Crippen molar-refractivity contribution < 1.29 is 4.79 Å². The molecule has 18 heavy (non-hydrogen) atoms. The van der Waals surface area contributed by atoms with Crippen molar-refractivity contribution >= 4 is 5.91 Å². The molecule has 1 rings (SSSR count). The van der Waals surface area contributed by atoms with E-state index in [1.807, 2.05) is 19.1 Å². The fourth-order valence-corrected chi connectivity index (χ4v) is 1.76. The Morgan fingerprint density at radius 2 is 2.28 bits per heavy atom. The van der Waals surface area contributed by atoms with Crippen LogP contribution >= 0.6 is 0 Å². The fraction of sp³-hybridized carbons (Fsp3) is 0.467. The fourth-order valence-electron chi connectivity index (χ4n) is 1.76. The Hall–Kier alpha value is -1.82. The number of unbranched alkanes of at least 4 members (excludes halogenated alkanes) is 1. The minimum absolute atomic E-state index is 0.0594. The summed E-state index contributed by atoms with van der Waals surface area (Å²) in [5, 5.41) is 11.7. The monoisotopic (exact) mass is 244 g/mol. The Morgan fingerprint density at radius 3 is 2.94 bits per heavy atom. The van der Waals surface area contributed by atoms with Gasteiger partial charge in [-0.05, 0) is 24.1 Å². The number of hydrogen-bond acceptors (Lipinski definition) is 2. The normalized spacial score (nSPS) is 11.6. The first-order chi connectivity index (χ1) is 8.67. The van der Waals surface area contributed by atoms with E-state index in [1.165, 1.54) is 0 Å². The molecule has 1 amide bonds. The summed E-state index contributed by atoms with van der Waals surface area (Å²) in [6, 6.07) is 9.40. The molecule has 0 aliphatic heterocycles. The van der Waals surface area contributed by atoms with E-state index >= 15 is 0 Å². The third-order valence-electron chi connectivity index (χ3n) is 2.96. The average molecular weight is 244 g/mol. The lowest BCUT2D eigenvalue weighted by Gasteiger charge is -2.11. The quantitative estimate of drug-likeness (QED) is 0.836. The third kappa shape index (κ3) is 4.58. The second kappa shape index (κ2) is 7.50. The summed E-state index contributed by atoms with van der Waals surface area (Å²) < 4.78 is 0. The number of nitrogens with zero attached hydrogens (tertiary/aromatic N) is 1. The zero-order valence-electron chi connectivity index (χ0n) is 11.1. The SMILES string of the molecule is CCCCC(C)C(=O)NCc1cccc(C#N)c1. The van der Waals surface area contributed by atoms with Gasteiger partial charge in [0.25, 0.3) is 0 Å². The number of carbonyl (C=O) groups excluding carboxylic acids is 1. The highest BCUT2D eigenvalue weighted by atomic mass is 16.1. The standard InChI is InChI=1S/C15H20N2O/c1-3-4-6-12(2)15(18)17-11-14-8-5-7-13(9-14)10-16/h5,7-9,12H,3-4,6,11H2,1-2H3,(H,17,18). The zero-order chi connectivity index (χ0) is 13.4. The molecule has 3 heteroatoms. The van der Waals surface area contributed by atoms with Gasteiger partial charge in [0.2, 0.25) is 5.91 Å². The van der Waals surface area contributed by atoms with E-state index in [1.54, 1.807) is 12.1 Å². The van der Waals surface area contributed by atoms with Crippen molar-refractivity contribution in [2.75, 3.05) is 0 Å². The molecule has 1 aromatic carbocycles. The molecule has 0 spiro atoms. The van der Waals surface area contributed by atoms with E-state index < -0.39 is 0 Å². The van der Waals surface area contributed by atoms with Crippen LogP contribution in [0.1, 0.15) is 44.2 Å². The molecule has 1 aromatic rings. The lowest BCUT2D eigenvalue weighted by molar-refractivity contribution is -0.124. The van der Waals surface area contributed by atoms with Gasteiger partial charge in [-0.2, -0.15) is 5.26 Å². The molecule has 0 fully saturated rings. The molecule has 0 saturated heterocycles. The van der Waals surface area contributed by atoms with E-state index in [-0.39, 0.29) is 11.8 Å². The molecular formula is C15H20N2O. The summed E-state index contributed by atoms with van der Waals surface area (Å²) in [5.41, 5.74) is 1.59. The van der Waals surface area contributed by atoms with Crippen molar-refractivity contribution in [1.29, 1.82) is 5.26 Å². The number of hydrogen-bond donors (Lipinski definition) is 1. The summed E-state index contributed by atoms with van der Waals surface area (Å²) in [6.07, 6.45) is 3.13. The molecule has 0 aromatic heterocycles. The van der Waals surface area contributed by atoms with Crippen LogP contribution in [0.4, 0.5) is 0 Å². The Kier molecular flexibility index (Phi) is 5.93. The average Bonchev–Trinajstić information content (AvgIpc) is 2.42. The molecule has 0 saturated carbocycles. The molecule has 0 bridgehead atoms. The Morgan fingerprint density at radius 1 is 1.50 bits per heavy atom. The highest BCUT2D eigenvalue weighted by Gasteiger charge is 2.11. The maximum atomic E-state index is 11.8. The minimum atomic E-state index is 0.0594. The predicted octanol–water partition coefficient (Wildman–Crippen LogP) is 3.00. The van der Waals surface area contributed by atoms with Crippen molar-refractivity contribution in [1.82, 2.24) is 5.32 Å². The summed E-state index contributed by atoms with van der Waals surface area (Å²) in [5.74, 6) is 0.148. The maximum absolute atomic E-state index is 11.8. The first kappa shape index (κ1) is 14.2. The molecular weight excluding hydrogens is 224 g/mol. The van der Waals surface area contributed by atoms with Crippen molar-refractivity contribution in [3.63, 3.8) is 0 Å². The molecule has 0 aliphatic rings. The van der Waals surface area contributed by atoms with Crippen molar-refractivity contribution in [2.24, 2.45) is 5.92 Å². The van der Waals surface area contributed by atoms with Crippen molar-refractivity contribution in [3.8, 4) is 6.07 Å². The van der Waals surface area contributed by atoms with E-state index in [2.05, 4.69) is 18.3 Å². The summed E-state index contributed by atoms with van der Waals surface area (Å²) in [6.45, 7) is 4.57. The van der Waals surface area contributed by atoms with Gasteiger partial charge in [-0.15, -0.1) is 0 Å². The minimum Gasteiger partial charge on any atom is -0.352 e. The lowest BCUT2D eigenvalue weighted by Crippen LogP contribution is -2.28. The van der Waals surface area contributed by atoms with Crippen LogP contribution < -0.4 is 5.32 Å². The van der Waals surface area contributed by atoms with Gasteiger partial charge in [-0.1, -0.05) is 38.8 Å². The maximum Gasteiger partial charge on any atom is 0.223 e. The van der Waals surface area contributed by atoms with Gasteiger partial charge in [0.05, 0.1) is 11.6 Å². The van der Waals surface area contributed by atoms with Gasteiger partial charge in [-0.3, -0.25) is 4.79 Å². The van der Waals surface area contributed by atoms with E-state index in [0.717, 1.165) is 24.8 Å². The van der Waals surface area contributed by atoms with E-state index in [4.69, 9.17) is 5.26 Å². The van der Waals surface area contributed by atoms with Crippen LogP contribution in [0.2, 0.25) is 0 Å². The molecule has 1 atom stereocenters. The smallest absolute Gasteiger partial charge is 0.223 e.